The van der Waals surface area contributed by atoms with Gasteiger partial charge in [-0.15, -0.1) is 0 Å². The number of hydrogen-bond donors (Lipinski definition) is 2. The number of fused-ring (bicyclic) bond motifs is 1. The number of hydrogen-bond acceptors (Lipinski definition) is 8. The van der Waals surface area contributed by atoms with E-state index in [9.17, 15) is 5.11 Å². The van der Waals surface area contributed by atoms with Crippen LogP contribution in [-0.2, 0) is 0 Å². The second-order valence-electron chi connectivity index (χ2n) is 8.61. The number of methoxy groups -OCH3 is 1. The lowest BCUT2D eigenvalue weighted by molar-refractivity contribution is 0.122. The number of halogens is 1. The van der Waals surface area contributed by atoms with Crippen LogP contribution in [0.3, 0.4) is 0 Å². The first-order valence-corrected chi connectivity index (χ1v) is 11.9. The Kier molecular flexibility index (Phi) is 6.72. The maximum Gasteiger partial charge on any atom is 0.227 e. The molecule has 0 radical (unpaired) electrons. The van der Waals surface area contributed by atoms with Crippen LogP contribution in [0.4, 0.5) is 17.3 Å². The molecular formula is C25H28ClN7O2. The van der Waals surface area contributed by atoms with Crippen molar-refractivity contribution in [1.29, 1.82) is 0 Å². The van der Waals surface area contributed by atoms with Crippen molar-refractivity contribution in [2.75, 3.05) is 50.1 Å². The van der Waals surface area contributed by atoms with Crippen molar-refractivity contribution in [1.82, 2.24) is 24.3 Å². The van der Waals surface area contributed by atoms with Gasteiger partial charge in [-0.2, -0.15) is 0 Å². The number of nitrogens with one attached hydrogen (secondary N) is 1. The van der Waals surface area contributed by atoms with Gasteiger partial charge in [0.1, 0.15) is 17.1 Å². The van der Waals surface area contributed by atoms with Gasteiger partial charge in [0, 0.05) is 50.7 Å². The molecule has 5 rings (SSSR count). The second-order valence-corrected chi connectivity index (χ2v) is 9.02. The minimum atomic E-state index is -0.310. The second kappa shape index (κ2) is 10.1. The first kappa shape index (κ1) is 23.3. The highest BCUT2D eigenvalue weighted by Gasteiger charge is 2.20. The molecule has 10 heteroatoms. The van der Waals surface area contributed by atoms with E-state index in [1.807, 2.05) is 47.9 Å². The summed E-state index contributed by atoms with van der Waals surface area (Å²) in [7, 11) is 1.65. The minimum Gasteiger partial charge on any atom is -0.494 e. The molecule has 1 fully saturated rings. The fourth-order valence-corrected chi connectivity index (χ4v) is 4.57. The fourth-order valence-electron chi connectivity index (χ4n) is 4.38. The Hall–Kier alpha value is -3.40. The van der Waals surface area contributed by atoms with E-state index >= 15 is 0 Å². The molecule has 0 aliphatic carbocycles. The molecule has 1 aromatic carbocycles. The third kappa shape index (κ3) is 5.02. The zero-order valence-corrected chi connectivity index (χ0v) is 20.5. The summed E-state index contributed by atoms with van der Waals surface area (Å²) < 4.78 is 7.62. The van der Waals surface area contributed by atoms with Crippen molar-refractivity contribution >= 4 is 34.6 Å². The van der Waals surface area contributed by atoms with Gasteiger partial charge >= 0.3 is 0 Å². The van der Waals surface area contributed by atoms with Gasteiger partial charge in [0.25, 0.3) is 0 Å². The van der Waals surface area contributed by atoms with Gasteiger partial charge in [0.05, 0.1) is 42.0 Å². The topological polar surface area (TPSA) is 91.0 Å². The Morgan fingerprint density at radius 3 is 2.71 bits per heavy atom. The molecule has 0 amide bonds. The van der Waals surface area contributed by atoms with Crippen LogP contribution in [0.1, 0.15) is 6.92 Å². The summed E-state index contributed by atoms with van der Waals surface area (Å²) in [6.45, 7) is 6.15. The number of rotatable bonds is 7. The lowest BCUT2D eigenvalue weighted by Gasteiger charge is -2.36. The molecule has 35 heavy (non-hydrogen) atoms. The lowest BCUT2D eigenvalue weighted by atomic mass is 10.2. The largest absolute Gasteiger partial charge is 0.494 e. The molecular weight excluding hydrogens is 466 g/mol. The van der Waals surface area contributed by atoms with Gasteiger partial charge in [-0.1, -0.05) is 17.7 Å². The molecule has 182 valence electrons. The van der Waals surface area contributed by atoms with Crippen molar-refractivity contribution in [3.8, 4) is 17.1 Å². The number of nitrogens with zero attached hydrogens (tertiary/aromatic N) is 6. The van der Waals surface area contributed by atoms with Gasteiger partial charge in [-0.25, -0.2) is 15.0 Å². The number of aromatic nitrogens is 4. The molecule has 1 atom stereocenters. The summed E-state index contributed by atoms with van der Waals surface area (Å²) in [6.07, 6.45) is 4.95. The Labute approximate surface area is 209 Å². The summed E-state index contributed by atoms with van der Waals surface area (Å²) in [5.74, 6) is 1.11. The van der Waals surface area contributed by atoms with Crippen LogP contribution < -0.4 is 15.0 Å². The van der Waals surface area contributed by atoms with Crippen LogP contribution in [0.2, 0.25) is 5.02 Å². The number of benzene rings is 1. The van der Waals surface area contributed by atoms with Crippen LogP contribution in [0.15, 0.2) is 55.0 Å². The number of imidazole rings is 1. The van der Waals surface area contributed by atoms with E-state index in [0.717, 1.165) is 48.9 Å². The highest BCUT2D eigenvalue weighted by molar-refractivity contribution is 6.32. The molecule has 1 aliphatic heterocycles. The summed E-state index contributed by atoms with van der Waals surface area (Å²) in [4.78, 5) is 18.1. The molecule has 9 nitrogen and oxygen atoms in total. The van der Waals surface area contributed by atoms with E-state index in [1.165, 1.54) is 0 Å². The molecule has 2 N–H and O–H groups in total. The Bertz CT molecular complexity index is 1320. The van der Waals surface area contributed by atoms with Crippen molar-refractivity contribution in [3.05, 3.63) is 60.0 Å². The van der Waals surface area contributed by atoms with Gasteiger partial charge in [-0.05, 0) is 31.2 Å². The van der Waals surface area contributed by atoms with E-state index < -0.39 is 0 Å². The highest BCUT2D eigenvalue weighted by Crippen LogP contribution is 2.33. The molecule has 4 heterocycles. The van der Waals surface area contributed by atoms with Crippen molar-refractivity contribution in [2.24, 2.45) is 0 Å². The number of pyridine rings is 1. The third-order valence-corrected chi connectivity index (χ3v) is 6.37. The van der Waals surface area contributed by atoms with Crippen LogP contribution in [0.25, 0.3) is 17.0 Å². The number of β-amino-alcohol motifs (C(OH)–C–C–N with tert-alkyl or cyclic N) is 1. The minimum absolute atomic E-state index is 0.310. The normalized spacial score (nSPS) is 15.4. The molecule has 0 saturated carbocycles. The Morgan fingerprint density at radius 2 is 1.94 bits per heavy atom. The van der Waals surface area contributed by atoms with Crippen LogP contribution >= 0.6 is 11.6 Å². The molecule has 0 bridgehead atoms. The molecule has 0 unspecified atom stereocenters. The lowest BCUT2D eigenvalue weighted by Crippen LogP contribution is -2.48. The van der Waals surface area contributed by atoms with Crippen molar-refractivity contribution in [3.63, 3.8) is 0 Å². The maximum atomic E-state index is 9.64. The zero-order chi connectivity index (χ0) is 24.4. The standard InChI is InChI=1S/C25H28ClN7O2/c1-17(34)16-31-9-11-32(12-10-31)18-6-7-20(22(13-18)35-2)29-25-28-14-19(26)24(30-25)21-15-27-23-5-3-4-8-33(21)23/h3-8,13-15,17,34H,9-12,16H2,1-2H3,(H,28,29,30)/t17-/m1/s1. The van der Waals surface area contributed by atoms with Gasteiger partial charge < -0.3 is 20.1 Å². The predicted molar refractivity (Wildman–Crippen MR) is 138 cm³/mol. The van der Waals surface area contributed by atoms with Crippen LogP contribution in [-0.4, -0.2) is 75.3 Å². The average Bonchev–Trinajstić information content (AvgIpc) is 3.29. The Balaban J connectivity index is 1.36. The maximum absolute atomic E-state index is 9.64. The summed E-state index contributed by atoms with van der Waals surface area (Å²) in [5, 5.41) is 13.4. The smallest absolute Gasteiger partial charge is 0.227 e. The van der Waals surface area contributed by atoms with Gasteiger partial charge in [0.15, 0.2) is 0 Å². The molecule has 1 aliphatic rings. The quantitative estimate of drug-likeness (QED) is 0.403. The Morgan fingerprint density at radius 1 is 1.11 bits per heavy atom. The SMILES string of the molecule is COc1cc(N2CCN(C[C@@H](C)O)CC2)ccc1Nc1ncc(Cl)c(-c2cnc3ccccn23)n1. The predicted octanol–water partition coefficient (Wildman–Crippen LogP) is 3.70. The zero-order valence-electron chi connectivity index (χ0n) is 19.7. The average molecular weight is 494 g/mol. The van der Waals surface area contributed by atoms with Crippen molar-refractivity contribution in [2.45, 2.75) is 13.0 Å². The van der Waals surface area contributed by atoms with Crippen LogP contribution in [0.5, 0.6) is 5.75 Å². The molecule has 1 saturated heterocycles. The molecule has 0 spiro atoms. The van der Waals surface area contributed by atoms with Crippen molar-refractivity contribution < 1.29 is 9.84 Å². The first-order valence-electron chi connectivity index (χ1n) is 11.6. The van der Waals surface area contributed by atoms with E-state index in [-0.39, 0.29) is 6.10 Å². The highest BCUT2D eigenvalue weighted by atomic mass is 35.5. The van der Waals surface area contributed by atoms with E-state index in [0.29, 0.717) is 29.0 Å². The number of piperazine rings is 1. The number of ether oxygens (including phenoxy) is 1. The fraction of sp³-hybridized carbons (Fsp3) is 0.320. The van der Waals surface area contributed by atoms with E-state index in [2.05, 4.69) is 36.1 Å². The summed E-state index contributed by atoms with van der Waals surface area (Å²) >= 11 is 6.45. The summed E-state index contributed by atoms with van der Waals surface area (Å²) in [6, 6.07) is 11.9. The van der Waals surface area contributed by atoms with Crippen LogP contribution in [0, 0.1) is 0 Å². The first-order chi connectivity index (χ1) is 17.0. The van der Waals surface area contributed by atoms with Gasteiger partial charge in [0.2, 0.25) is 5.95 Å². The number of aliphatic hydroxyl groups excluding tert-OH is 1. The number of anilines is 3. The van der Waals surface area contributed by atoms with E-state index in [4.69, 9.17) is 16.3 Å². The van der Waals surface area contributed by atoms with E-state index in [1.54, 1.807) is 19.5 Å². The molecule has 3 aromatic heterocycles. The monoisotopic (exact) mass is 493 g/mol. The summed E-state index contributed by atoms with van der Waals surface area (Å²) in [5.41, 5.74) is 4.04. The number of aliphatic hydroxyl groups is 1. The third-order valence-electron chi connectivity index (χ3n) is 6.10. The molecule has 4 aromatic rings. The van der Waals surface area contributed by atoms with Gasteiger partial charge in [-0.3, -0.25) is 9.30 Å².